The van der Waals surface area contributed by atoms with Crippen LogP contribution in [0.3, 0.4) is 0 Å². The van der Waals surface area contributed by atoms with Gasteiger partial charge in [0.25, 0.3) is 9.84 Å². The van der Waals surface area contributed by atoms with E-state index in [9.17, 15) is 30.0 Å². The first-order chi connectivity index (χ1) is 16.4. The molecule has 8 nitrogen and oxygen atoms in total. The Kier molecular flexibility index (Phi) is 9.10. The molecule has 0 aromatic heterocycles. The molecule has 0 aliphatic carbocycles. The number of hydrogen-bond acceptors (Lipinski definition) is 8. The molecule has 2 N–H and O–H groups in total. The summed E-state index contributed by atoms with van der Waals surface area (Å²) in [4.78, 5) is 2.66. The second kappa shape index (κ2) is 11.5. The molecule has 2 aromatic rings. The summed E-state index contributed by atoms with van der Waals surface area (Å²) < 4.78 is 94.3. The van der Waals surface area contributed by atoms with Crippen molar-refractivity contribution in [3.8, 4) is 0 Å². The minimum absolute atomic E-state index is 0.141. The van der Waals surface area contributed by atoms with Crippen molar-refractivity contribution in [2.75, 3.05) is 50.2 Å². The van der Waals surface area contributed by atoms with Crippen LogP contribution in [0.1, 0.15) is 6.42 Å². The SMILES string of the molecule is NS(=O)(=O)c1ccc(N(CCCN2CCOCC2)CSc2ccccc2)c(S(=O)(=O)C(F)(F)F)c1. The van der Waals surface area contributed by atoms with Gasteiger partial charge in [0.05, 0.1) is 29.7 Å². The van der Waals surface area contributed by atoms with E-state index >= 15 is 0 Å². The fourth-order valence-corrected chi connectivity index (χ4v) is 6.05. The molecule has 1 saturated heterocycles. The number of anilines is 1. The zero-order valence-electron chi connectivity index (χ0n) is 18.6. The largest absolute Gasteiger partial charge is 0.501 e. The van der Waals surface area contributed by atoms with Crippen molar-refractivity contribution < 1.29 is 34.7 Å². The van der Waals surface area contributed by atoms with Crippen molar-refractivity contribution in [2.45, 2.75) is 26.6 Å². The highest BCUT2D eigenvalue weighted by atomic mass is 32.2. The fourth-order valence-electron chi connectivity index (χ4n) is 3.51. The number of benzene rings is 2. The van der Waals surface area contributed by atoms with E-state index in [4.69, 9.17) is 9.88 Å². The minimum atomic E-state index is -5.86. The van der Waals surface area contributed by atoms with Gasteiger partial charge in [-0.3, -0.25) is 4.90 Å². The summed E-state index contributed by atoms with van der Waals surface area (Å²) >= 11 is 1.32. The third kappa shape index (κ3) is 7.33. The van der Waals surface area contributed by atoms with Crippen LogP contribution in [0.4, 0.5) is 18.9 Å². The van der Waals surface area contributed by atoms with Crippen LogP contribution in [0.5, 0.6) is 0 Å². The molecule has 0 bridgehead atoms. The lowest BCUT2D eigenvalue weighted by molar-refractivity contribution is -0.0435. The summed E-state index contributed by atoms with van der Waals surface area (Å²) in [5.41, 5.74) is -5.86. The van der Waals surface area contributed by atoms with Crippen molar-refractivity contribution in [1.29, 1.82) is 0 Å². The number of alkyl halides is 3. The Morgan fingerprint density at radius 1 is 1.03 bits per heavy atom. The van der Waals surface area contributed by atoms with Gasteiger partial charge in [-0.1, -0.05) is 18.2 Å². The number of hydrogen-bond donors (Lipinski definition) is 1. The topological polar surface area (TPSA) is 110 Å². The van der Waals surface area contributed by atoms with Gasteiger partial charge in [-0.25, -0.2) is 22.0 Å². The molecule has 0 radical (unpaired) electrons. The monoisotopic (exact) mass is 553 g/mol. The molecule has 0 atom stereocenters. The van der Waals surface area contributed by atoms with Crippen molar-refractivity contribution in [1.82, 2.24) is 4.90 Å². The van der Waals surface area contributed by atoms with Crippen LogP contribution in [0.2, 0.25) is 0 Å². The number of ether oxygens (including phenoxy) is 1. The second-order valence-electron chi connectivity index (χ2n) is 7.78. The van der Waals surface area contributed by atoms with Crippen molar-refractivity contribution in [3.63, 3.8) is 0 Å². The first-order valence-corrected chi connectivity index (χ1v) is 14.6. The van der Waals surface area contributed by atoms with Gasteiger partial charge in [-0.2, -0.15) is 13.2 Å². The molecule has 0 unspecified atom stereocenters. The molecule has 3 rings (SSSR count). The first kappa shape index (κ1) is 27.7. The number of rotatable bonds is 10. The minimum Gasteiger partial charge on any atom is -0.379 e. The number of morpholine rings is 1. The molecule has 0 saturated carbocycles. The van der Waals surface area contributed by atoms with Gasteiger partial charge in [-0.15, -0.1) is 11.8 Å². The molecule has 0 spiro atoms. The molecule has 1 aliphatic rings. The maximum Gasteiger partial charge on any atom is 0.501 e. The Bertz CT molecular complexity index is 1200. The molecule has 1 aliphatic heterocycles. The number of thioether (sulfide) groups is 1. The predicted molar refractivity (Wildman–Crippen MR) is 127 cm³/mol. The van der Waals surface area contributed by atoms with Crippen molar-refractivity contribution >= 4 is 37.3 Å². The lowest BCUT2D eigenvalue weighted by Gasteiger charge is -2.30. The molecule has 194 valence electrons. The lowest BCUT2D eigenvalue weighted by atomic mass is 10.2. The van der Waals surface area contributed by atoms with Crippen molar-refractivity contribution in [2.24, 2.45) is 5.14 Å². The number of sulfone groups is 1. The Morgan fingerprint density at radius 2 is 1.69 bits per heavy atom. The van der Waals surface area contributed by atoms with E-state index < -0.39 is 35.2 Å². The Labute approximate surface area is 207 Å². The lowest BCUT2D eigenvalue weighted by Crippen LogP contribution is -2.38. The Morgan fingerprint density at radius 3 is 2.29 bits per heavy atom. The Balaban J connectivity index is 1.97. The molecule has 1 heterocycles. The maximum atomic E-state index is 13.5. The molecule has 35 heavy (non-hydrogen) atoms. The summed E-state index contributed by atoms with van der Waals surface area (Å²) in [5.74, 6) is 0.141. The summed E-state index contributed by atoms with van der Waals surface area (Å²) in [6.45, 7) is 3.54. The van der Waals surface area contributed by atoms with E-state index in [0.717, 1.165) is 30.1 Å². The number of nitrogens with two attached hydrogens (primary N) is 1. The molecular weight excluding hydrogens is 527 g/mol. The average Bonchev–Trinajstić information content (AvgIpc) is 2.81. The van der Waals surface area contributed by atoms with E-state index in [0.29, 0.717) is 32.2 Å². The summed E-state index contributed by atoms with van der Waals surface area (Å²) in [5, 5.41) is 5.06. The van der Waals surface area contributed by atoms with Gasteiger partial charge >= 0.3 is 5.51 Å². The molecular formula is C21H26F3N3O5S3. The highest BCUT2D eigenvalue weighted by Gasteiger charge is 2.48. The quantitative estimate of drug-likeness (QED) is 0.353. The predicted octanol–water partition coefficient (Wildman–Crippen LogP) is 2.91. The van der Waals surface area contributed by atoms with Crippen LogP contribution in [-0.4, -0.2) is 72.5 Å². The zero-order valence-corrected chi connectivity index (χ0v) is 21.1. The molecule has 1 fully saturated rings. The zero-order chi connectivity index (χ0) is 25.7. The van der Waals surface area contributed by atoms with Gasteiger partial charge in [0.1, 0.15) is 4.90 Å². The van der Waals surface area contributed by atoms with Crippen LogP contribution in [0.25, 0.3) is 0 Å². The van der Waals surface area contributed by atoms with E-state index in [2.05, 4.69) is 4.90 Å². The normalized spacial score (nSPS) is 15.8. The van der Waals surface area contributed by atoms with Crippen LogP contribution < -0.4 is 10.0 Å². The Hall–Kier alpha value is -1.84. The second-order valence-corrected chi connectivity index (χ2v) is 12.3. The fraction of sp³-hybridized carbons (Fsp3) is 0.429. The van der Waals surface area contributed by atoms with Gasteiger partial charge in [-0.05, 0) is 36.8 Å². The van der Waals surface area contributed by atoms with Crippen LogP contribution in [-0.2, 0) is 24.6 Å². The van der Waals surface area contributed by atoms with E-state index in [-0.39, 0.29) is 18.1 Å². The highest BCUT2D eigenvalue weighted by molar-refractivity contribution is 7.99. The molecule has 0 amide bonds. The number of nitrogens with zero attached hydrogens (tertiary/aromatic N) is 2. The number of halogens is 3. The van der Waals surface area contributed by atoms with Crippen LogP contribution in [0, 0.1) is 0 Å². The van der Waals surface area contributed by atoms with Gasteiger partial charge < -0.3 is 9.64 Å². The van der Waals surface area contributed by atoms with E-state index in [1.165, 1.54) is 16.7 Å². The van der Waals surface area contributed by atoms with Gasteiger partial charge in [0, 0.05) is 31.1 Å². The third-order valence-corrected chi connectivity index (χ3v) is 8.80. The number of sulfonamides is 1. The summed E-state index contributed by atoms with van der Waals surface area (Å²) in [6, 6.07) is 11.7. The molecule has 14 heteroatoms. The van der Waals surface area contributed by atoms with Gasteiger partial charge in [0.2, 0.25) is 10.0 Å². The first-order valence-electron chi connectivity index (χ1n) is 10.6. The smallest absolute Gasteiger partial charge is 0.379 e. The summed E-state index contributed by atoms with van der Waals surface area (Å²) in [6.07, 6.45) is 0.539. The highest BCUT2D eigenvalue weighted by Crippen LogP contribution is 2.38. The van der Waals surface area contributed by atoms with Crippen molar-refractivity contribution in [3.05, 3.63) is 48.5 Å². The molecule has 2 aromatic carbocycles. The third-order valence-electron chi connectivity index (χ3n) is 5.33. The summed E-state index contributed by atoms with van der Waals surface area (Å²) in [7, 11) is -10.3. The van der Waals surface area contributed by atoms with Crippen LogP contribution >= 0.6 is 11.8 Å². The number of primary sulfonamides is 1. The maximum absolute atomic E-state index is 13.5. The van der Waals surface area contributed by atoms with Crippen LogP contribution in [0.15, 0.2) is 63.2 Å². The standard InChI is InChI=1S/C21H26F3N3O5S3/c22-21(23,24)34(28,29)20-15-18(35(25,30)31)7-8-19(20)27(16-33-17-5-2-1-3-6-17)10-4-9-26-11-13-32-14-12-26/h1-3,5-8,15H,4,9-14,16H2,(H2,25,30,31). The van der Waals surface area contributed by atoms with E-state index in [1.54, 1.807) is 0 Å². The average molecular weight is 554 g/mol. The van der Waals surface area contributed by atoms with E-state index in [1.807, 2.05) is 30.3 Å². The van der Waals surface area contributed by atoms with Gasteiger partial charge in [0.15, 0.2) is 0 Å².